The first-order chi connectivity index (χ1) is 11.6. The molecule has 0 atom stereocenters. The van der Waals surface area contributed by atoms with Gasteiger partial charge in [0.2, 0.25) is 0 Å². The molecular weight excluding hydrogens is 312 g/mol. The van der Waals surface area contributed by atoms with E-state index in [0.717, 1.165) is 5.69 Å². The minimum absolute atomic E-state index is 0.0444. The molecule has 126 valence electrons. The third-order valence-electron chi connectivity index (χ3n) is 4.20. The fourth-order valence-electron chi connectivity index (χ4n) is 2.62. The maximum atomic E-state index is 12.2. The van der Waals surface area contributed by atoms with Crippen molar-refractivity contribution in [2.24, 2.45) is 5.41 Å². The Balaban J connectivity index is 1.67. The Morgan fingerprint density at radius 2 is 1.96 bits per heavy atom. The Morgan fingerprint density at radius 1 is 1.25 bits per heavy atom. The van der Waals surface area contributed by atoms with Gasteiger partial charge in [-0.3, -0.25) is 9.59 Å². The summed E-state index contributed by atoms with van der Waals surface area (Å²) in [5.74, 6) is -1.36. The number of aliphatic carboxylic acids is 1. The van der Waals surface area contributed by atoms with Gasteiger partial charge in [0.25, 0.3) is 5.91 Å². The highest BCUT2D eigenvalue weighted by Crippen LogP contribution is 2.30. The minimum atomic E-state index is -0.983. The zero-order valence-electron chi connectivity index (χ0n) is 13.0. The van der Waals surface area contributed by atoms with Gasteiger partial charge in [-0.25, -0.2) is 0 Å². The van der Waals surface area contributed by atoms with Crippen LogP contribution in [0.2, 0.25) is 0 Å². The molecule has 1 aliphatic rings. The molecule has 3 rings (SSSR count). The molecule has 1 fully saturated rings. The van der Waals surface area contributed by atoms with Crippen LogP contribution in [0.1, 0.15) is 23.3 Å². The Labute approximate surface area is 138 Å². The summed E-state index contributed by atoms with van der Waals surface area (Å²) >= 11 is 0. The molecule has 8 heteroatoms. The zero-order chi connectivity index (χ0) is 17.0. The van der Waals surface area contributed by atoms with Crippen molar-refractivity contribution in [1.29, 1.82) is 0 Å². The van der Waals surface area contributed by atoms with E-state index < -0.39 is 17.3 Å². The van der Waals surface area contributed by atoms with Crippen molar-refractivity contribution < 1.29 is 19.4 Å². The van der Waals surface area contributed by atoms with Crippen LogP contribution in [-0.4, -0.2) is 51.7 Å². The molecule has 0 spiro atoms. The number of aromatic nitrogens is 3. The van der Waals surface area contributed by atoms with Crippen LogP contribution in [0.25, 0.3) is 5.69 Å². The quantitative estimate of drug-likeness (QED) is 0.843. The fourth-order valence-corrected chi connectivity index (χ4v) is 2.62. The Hall–Kier alpha value is -2.74. The molecule has 2 N–H and O–H groups in total. The van der Waals surface area contributed by atoms with Gasteiger partial charge >= 0.3 is 5.97 Å². The highest BCUT2D eigenvalue weighted by molar-refractivity contribution is 5.92. The van der Waals surface area contributed by atoms with Crippen LogP contribution >= 0.6 is 0 Å². The molecule has 0 unspecified atom stereocenters. The van der Waals surface area contributed by atoms with Crippen molar-refractivity contribution in [1.82, 2.24) is 20.3 Å². The number of ether oxygens (including phenoxy) is 1. The van der Waals surface area contributed by atoms with E-state index in [1.807, 2.05) is 30.3 Å². The maximum Gasteiger partial charge on any atom is 0.311 e. The van der Waals surface area contributed by atoms with Gasteiger partial charge in [-0.15, -0.1) is 5.10 Å². The summed E-state index contributed by atoms with van der Waals surface area (Å²) < 4.78 is 5.22. The number of carboxylic acid groups (broad SMARTS) is 1. The predicted molar refractivity (Wildman–Crippen MR) is 83.8 cm³/mol. The second-order valence-electron chi connectivity index (χ2n) is 5.74. The topological polar surface area (TPSA) is 106 Å². The maximum absolute atomic E-state index is 12.2. The summed E-state index contributed by atoms with van der Waals surface area (Å²) in [6, 6.07) is 9.21. The number of amides is 1. The van der Waals surface area contributed by atoms with Gasteiger partial charge in [-0.1, -0.05) is 18.2 Å². The van der Waals surface area contributed by atoms with Gasteiger partial charge in [0.1, 0.15) is 0 Å². The van der Waals surface area contributed by atoms with Crippen LogP contribution in [0, 0.1) is 5.41 Å². The monoisotopic (exact) mass is 330 g/mol. The van der Waals surface area contributed by atoms with Crippen LogP contribution in [-0.2, 0) is 9.53 Å². The van der Waals surface area contributed by atoms with Crippen LogP contribution in [0.5, 0.6) is 0 Å². The van der Waals surface area contributed by atoms with E-state index >= 15 is 0 Å². The molecule has 2 aromatic rings. The molecule has 0 bridgehead atoms. The first-order valence-electron chi connectivity index (χ1n) is 7.68. The van der Waals surface area contributed by atoms with E-state index in [1.165, 1.54) is 11.0 Å². The van der Waals surface area contributed by atoms with Crippen LogP contribution in [0.4, 0.5) is 0 Å². The summed E-state index contributed by atoms with van der Waals surface area (Å²) in [6.45, 7) is 0.807. The van der Waals surface area contributed by atoms with Crippen molar-refractivity contribution in [3.05, 3.63) is 42.2 Å². The molecule has 2 heterocycles. The molecule has 1 aromatic carbocycles. The second-order valence-corrected chi connectivity index (χ2v) is 5.74. The molecule has 0 saturated carbocycles. The number of carbonyl (C=O) groups excluding carboxylic acids is 1. The first-order valence-corrected chi connectivity index (χ1v) is 7.68. The van der Waals surface area contributed by atoms with Crippen molar-refractivity contribution in [3.63, 3.8) is 0 Å². The number of para-hydroxylation sites is 1. The van der Waals surface area contributed by atoms with E-state index in [0.29, 0.717) is 26.1 Å². The van der Waals surface area contributed by atoms with Crippen molar-refractivity contribution in [3.8, 4) is 5.69 Å². The zero-order valence-corrected chi connectivity index (χ0v) is 13.0. The van der Waals surface area contributed by atoms with Gasteiger partial charge in [-0.2, -0.15) is 9.90 Å². The fraction of sp³-hybridized carbons (Fsp3) is 0.375. The number of nitrogens with zero attached hydrogens (tertiary/aromatic N) is 3. The van der Waals surface area contributed by atoms with E-state index in [4.69, 9.17) is 4.74 Å². The molecule has 1 aromatic heterocycles. The van der Waals surface area contributed by atoms with E-state index in [-0.39, 0.29) is 12.2 Å². The standard InChI is InChI=1S/C16H18N4O4/c21-14(17-11-16(15(22)23)6-8-24-9-7-16)13-10-18-20(19-13)12-4-2-1-3-5-12/h1-5,10H,6-9,11H2,(H,17,21)(H,22,23). The Bertz CT molecular complexity index is 723. The number of hydrogen-bond acceptors (Lipinski definition) is 5. The Kier molecular flexibility index (Phi) is 4.57. The number of carboxylic acids is 1. The van der Waals surface area contributed by atoms with Gasteiger partial charge < -0.3 is 15.2 Å². The minimum Gasteiger partial charge on any atom is -0.481 e. The summed E-state index contributed by atoms with van der Waals surface area (Å²) in [5, 5.41) is 20.3. The van der Waals surface area contributed by atoms with Gasteiger partial charge in [0, 0.05) is 19.8 Å². The molecule has 0 aliphatic carbocycles. The van der Waals surface area contributed by atoms with Gasteiger partial charge in [-0.05, 0) is 25.0 Å². The summed E-state index contributed by atoms with van der Waals surface area (Å²) in [7, 11) is 0. The van der Waals surface area contributed by atoms with Crippen molar-refractivity contribution in [2.75, 3.05) is 19.8 Å². The Morgan fingerprint density at radius 3 is 2.62 bits per heavy atom. The van der Waals surface area contributed by atoms with Crippen LogP contribution in [0.3, 0.4) is 0 Å². The smallest absolute Gasteiger partial charge is 0.311 e. The largest absolute Gasteiger partial charge is 0.481 e. The third kappa shape index (κ3) is 3.28. The molecule has 8 nitrogen and oxygen atoms in total. The number of nitrogens with one attached hydrogen (secondary N) is 1. The number of carbonyl (C=O) groups is 2. The summed E-state index contributed by atoms with van der Waals surface area (Å²) in [4.78, 5) is 25.2. The summed E-state index contributed by atoms with van der Waals surface area (Å²) in [5.41, 5.74) is -0.0991. The van der Waals surface area contributed by atoms with E-state index in [9.17, 15) is 14.7 Å². The number of benzene rings is 1. The third-order valence-corrected chi connectivity index (χ3v) is 4.20. The lowest BCUT2D eigenvalue weighted by Gasteiger charge is -2.32. The average Bonchev–Trinajstić information content (AvgIpc) is 3.11. The summed E-state index contributed by atoms with van der Waals surface area (Å²) in [6.07, 6.45) is 2.11. The molecule has 0 radical (unpaired) electrons. The van der Waals surface area contributed by atoms with Gasteiger partial charge in [0.15, 0.2) is 5.69 Å². The normalized spacial score (nSPS) is 16.5. The van der Waals surface area contributed by atoms with Crippen LogP contribution < -0.4 is 5.32 Å². The van der Waals surface area contributed by atoms with E-state index in [2.05, 4.69) is 15.5 Å². The molecule has 1 amide bonds. The molecular formula is C16H18N4O4. The molecule has 24 heavy (non-hydrogen) atoms. The lowest BCUT2D eigenvalue weighted by molar-refractivity contribution is -0.154. The van der Waals surface area contributed by atoms with Gasteiger partial charge in [0.05, 0.1) is 17.3 Å². The average molecular weight is 330 g/mol. The predicted octanol–water partition coefficient (Wildman–Crippen LogP) is 0.878. The second kappa shape index (κ2) is 6.79. The molecule has 1 aliphatic heterocycles. The number of rotatable bonds is 5. The first kappa shape index (κ1) is 16.1. The lowest BCUT2D eigenvalue weighted by Crippen LogP contribution is -2.46. The SMILES string of the molecule is O=C(NCC1(C(=O)O)CCOCC1)c1cnn(-c2ccccc2)n1. The van der Waals surface area contributed by atoms with Crippen molar-refractivity contribution in [2.45, 2.75) is 12.8 Å². The highest BCUT2D eigenvalue weighted by Gasteiger charge is 2.40. The highest BCUT2D eigenvalue weighted by atomic mass is 16.5. The van der Waals surface area contributed by atoms with Crippen LogP contribution in [0.15, 0.2) is 36.5 Å². The molecule has 1 saturated heterocycles. The van der Waals surface area contributed by atoms with E-state index in [1.54, 1.807) is 0 Å². The number of hydrogen-bond donors (Lipinski definition) is 2. The van der Waals surface area contributed by atoms with Crippen molar-refractivity contribution >= 4 is 11.9 Å². The lowest BCUT2D eigenvalue weighted by atomic mass is 9.80.